The zero-order valence-corrected chi connectivity index (χ0v) is 4.77. The summed E-state index contributed by atoms with van der Waals surface area (Å²) < 4.78 is 0. The molecule has 0 saturated heterocycles. The van der Waals surface area contributed by atoms with Gasteiger partial charge in [-0.3, -0.25) is 4.79 Å². The first-order valence-electron chi connectivity index (χ1n) is 2.01. The second-order valence-corrected chi connectivity index (χ2v) is 0.967. The molecule has 0 saturated carbocycles. The van der Waals surface area contributed by atoms with Crippen LogP contribution < -0.4 is 10.2 Å². The monoisotopic (exact) mass is 148 g/mol. The second-order valence-electron chi connectivity index (χ2n) is 0.967. The summed E-state index contributed by atoms with van der Waals surface area (Å²) in [5.74, 6) is -3.12. The number of aldehydes is 1. The van der Waals surface area contributed by atoms with Crippen LogP contribution in [0.25, 0.3) is 0 Å². The molecule has 0 aliphatic heterocycles. The third-order valence-corrected chi connectivity index (χ3v) is 0.225. The lowest BCUT2D eigenvalue weighted by atomic mass is 10.8. The summed E-state index contributed by atoms with van der Waals surface area (Å²) in [4.78, 5) is 26.7. The molecular weight excluding hydrogens is 144 g/mol. The highest BCUT2D eigenvalue weighted by Gasteiger charge is 1.66. The van der Waals surface area contributed by atoms with Gasteiger partial charge in [0.2, 0.25) is 0 Å². The van der Waals surface area contributed by atoms with Crippen molar-refractivity contribution in [2.45, 2.75) is 0 Å². The maximum absolute atomic E-state index is 9.01. The van der Waals surface area contributed by atoms with Gasteiger partial charge in [0.25, 0.3) is 0 Å². The molecule has 58 valence electrons. The maximum Gasteiger partial charge on any atom is 0.165 e. The molecule has 0 spiro atoms. The van der Waals surface area contributed by atoms with E-state index >= 15 is 0 Å². The fourth-order valence-corrected chi connectivity index (χ4v) is 0. The van der Waals surface area contributed by atoms with E-state index in [1.807, 2.05) is 0 Å². The van der Waals surface area contributed by atoms with Crippen LogP contribution >= 0.6 is 0 Å². The van der Waals surface area contributed by atoms with Gasteiger partial charge in [0.1, 0.15) is 5.97 Å². The number of aliphatic hydroxyl groups is 1. The molecule has 6 heteroatoms. The predicted molar refractivity (Wildman–Crippen MR) is 23.2 cm³/mol. The SMILES string of the molecule is O=C([O-])CO.O=CC(=O)[O-]. The van der Waals surface area contributed by atoms with E-state index in [-0.39, 0.29) is 6.29 Å². The summed E-state index contributed by atoms with van der Waals surface area (Å²) in [6, 6.07) is 0. The number of carbonyl (C=O) groups is 3. The summed E-state index contributed by atoms with van der Waals surface area (Å²) in [6.45, 7) is -0.889. The number of carbonyl (C=O) groups excluding carboxylic acids is 3. The van der Waals surface area contributed by atoms with E-state index in [0.29, 0.717) is 0 Å². The van der Waals surface area contributed by atoms with Crippen molar-refractivity contribution >= 4 is 18.2 Å². The Kier molecular flexibility index (Phi) is 8.61. The van der Waals surface area contributed by atoms with Gasteiger partial charge in [-0.15, -0.1) is 0 Å². The van der Waals surface area contributed by atoms with Gasteiger partial charge in [0.15, 0.2) is 6.29 Å². The molecule has 1 N–H and O–H groups in total. The minimum Gasteiger partial charge on any atom is -0.548 e. The van der Waals surface area contributed by atoms with Crippen molar-refractivity contribution in [3.05, 3.63) is 0 Å². The van der Waals surface area contributed by atoms with Crippen molar-refractivity contribution in [2.24, 2.45) is 0 Å². The van der Waals surface area contributed by atoms with Crippen LogP contribution in [0, 0.1) is 0 Å². The van der Waals surface area contributed by atoms with E-state index in [9.17, 15) is 0 Å². The molecule has 0 unspecified atom stereocenters. The van der Waals surface area contributed by atoms with Crippen LogP contribution in [0.2, 0.25) is 0 Å². The first kappa shape index (κ1) is 11.4. The quantitative estimate of drug-likeness (QED) is 0.312. The topological polar surface area (TPSA) is 118 Å². The van der Waals surface area contributed by atoms with Crippen LogP contribution in [-0.4, -0.2) is 29.9 Å². The number of rotatable bonds is 2. The minimum absolute atomic E-state index is 0.278. The van der Waals surface area contributed by atoms with Crippen LogP contribution in [-0.2, 0) is 14.4 Å². The van der Waals surface area contributed by atoms with Crippen LogP contribution in [0.15, 0.2) is 0 Å². The Labute approximate surface area is 55.7 Å². The molecule has 10 heavy (non-hydrogen) atoms. The van der Waals surface area contributed by atoms with Crippen LogP contribution in [0.5, 0.6) is 0 Å². The molecule has 0 rings (SSSR count). The van der Waals surface area contributed by atoms with Gasteiger partial charge in [-0.1, -0.05) is 0 Å². The van der Waals surface area contributed by atoms with Gasteiger partial charge in [-0.2, -0.15) is 0 Å². The molecule has 0 fully saturated rings. The molecule has 0 aliphatic rings. The number of hydrogen-bond donors (Lipinski definition) is 1. The molecule has 0 radical (unpaired) electrons. The lowest BCUT2D eigenvalue weighted by molar-refractivity contribution is -0.308. The zero-order chi connectivity index (χ0) is 8.57. The number of aliphatic carboxylic acids is 2. The third-order valence-electron chi connectivity index (χ3n) is 0.225. The Morgan fingerprint density at radius 1 is 1.40 bits per heavy atom. The van der Waals surface area contributed by atoms with Crippen LogP contribution in [0.3, 0.4) is 0 Å². The number of aliphatic hydroxyl groups excluding tert-OH is 1. The van der Waals surface area contributed by atoms with Crippen molar-refractivity contribution in [3.8, 4) is 0 Å². The molecule has 0 aromatic carbocycles. The average Bonchev–Trinajstić information content (AvgIpc) is 1.89. The van der Waals surface area contributed by atoms with Crippen LogP contribution in [0.1, 0.15) is 0 Å². The molecule has 6 nitrogen and oxygen atoms in total. The first-order valence-corrected chi connectivity index (χ1v) is 2.01. The van der Waals surface area contributed by atoms with Gasteiger partial charge in [0, 0.05) is 0 Å². The summed E-state index contributed by atoms with van der Waals surface area (Å²) in [5, 5.41) is 25.4. The Morgan fingerprint density at radius 2 is 1.60 bits per heavy atom. The van der Waals surface area contributed by atoms with E-state index in [4.69, 9.17) is 29.7 Å². The molecule has 0 aliphatic carbocycles. The number of carboxylic acid groups (broad SMARTS) is 2. The van der Waals surface area contributed by atoms with E-state index < -0.39 is 18.5 Å². The van der Waals surface area contributed by atoms with Crippen molar-refractivity contribution in [1.82, 2.24) is 0 Å². The highest BCUT2D eigenvalue weighted by molar-refractivity contribution is 6.17. The summed E-state index contributed by atoms with van der Waals surface area (Å²) in [5.41, 5.74) is 0. The maximum atomic E-state index is 9.01. The van der Waals surface area contributed by atoms with Gasteiger partial charge in [-0.05, 0) is 0 Å². The van der Waals surface area contributed by atoms with E-state index in [1.54, 1.807) is 0 Å². The highest BCUT2D eigenvalue weighted by Crippen LogP contribution is 1.40. The van der Waals surface area contributed by atoms with Gasteiger partial charge in [-0.25, -0.2) is 0 Å². The second kappa shape index (κ2) is 7.57. The predicted octanol–water partition coefficient (Wildman–Crippen LogP) is -4.34. The van der Waals surface area contributed by atoms with Crippen LogP contribution in [0.4, 0.5) is 0 Å². The zero-order valence-electron chi connectivity index (χ0n) is 4.77. The molecule has 0 atom stereocenters. The van der Waals surface area contributed by atoms with E-state index in [1.165, 1.54) is 0 Å². The Balaban J connectivity index is 0. The van der Waals surface area contributed by atoms with E-state index in [0.717, 1.165) is 0 Å². The minimum atomic E-state index is -1.68. The van der Waals surface area contributed by atoms with Crippen molar-refractivity contribution in [2.75, 3.05) is 6.61 Å². The van der Waals surface area contributed by atoms with Gasteiger partial charge >= 0.3 is 0 Å². The molecule has 0 heterocycles. The summed E-state index contributed by atoms with van der Waals surface area (Å²) in [7, 11) is 0. The molecular formula is C4H4O6-2. The lowest BCUT2D eigenvalue weighted by Gasteiger charge is -1.86. The molecule has 0 bridgehead atoms. The molecule has 0 aromatic rings. The van der Waals surface area contributed by atoms with E-state index in [2.05, 4.69) is 0 Å². The standard InChI is InChI=1S/C2H4O3.C2H2O3/c2*3-1-2(4)5/h3H,1H2,(H,4,5);1H,(H,4,5)/p-2. The Morgan fingerprint density at radius 3 is 1.60 bits per heavy atom. The number of carboxylic acids is 2. The Bertz CT molecular complexity index is 128. The fraction of sp³-hybridized carbons (Fsp3) is 0.250. The van der Waals surface area contributed by atoms with Crippen molar-refractivity contribution in [3.63, 3.8) is 0 Å². The highest BCUT2D eigenvalue weighted by atomic mass is 16.4. The number of hydrogen-bond acceptors (Lipinski definition) is 6. The Hall–Kier alpha value is -1.43. The van der Waals surface area contributed by atoms with Gasteiger partial charge < -0.3 is 24.9 Å². The fourth-order valence-electron chi connectivity index (χ4n) is 0. The van der Waals surface area contributed by atoms with Gasteiger partial charge in [0.05, 0.1) is 12.6 Å². The van der Waals surface area contributed by atoms with Crippen molar-refractivity contribution in [1.29, 1.82) is 0 Å². The van der Waals surface area contributed by atoms with Crippen molar-refractivity contribution < 1.29 is 29.7 Å². The summed E-state index contributed by atoms with van der Waals surface area (Å²) >= 11 is 0. The third kappa shape index (κ3) is 30.9. The lowest BCUT2D eigenvalue weighted by Crippen LogP contribution is -2.25. The molecule has 0 amide bonds. The largest absolute Gasteiger partial charge is 0.548 e. The summed E-state index contributed by atoms with van der Waals surface area (Å²) in [6.07, 6.45) is -0.278. The smallest absolute Gasteiger partial charge is 0.165 e. The normalized spacial score (nSPS) is 6.90. The average molecular weight is 148 g/mol. The molecule has 0 aromatic heterocycles. The first-order chi connectivity index (χ1) is 4.54.